The molecule has 0 aliphatic carbocycles. The lowest BCUT2D eigenvalue weighted by molar-refractivity contribution is -0.139. The number of piperidine rings is 1. The topological polar surface area (TPSA) is 164 Å². The number of alkyl halides is 3. The summed E-state index contributed by atoms with van der Waals surface area (Å²) < 4.78 is 64.2. The summed E-state index contributed by atoms with van der Waals surface area (Å²) in [6, 6.07) is 1.75. The molecule has 9 nitrogen and oxygen atoms in total. The fourth-order valence-corrected chi connectivity index (χ4v) is 4.08. The molecular formula is C14H20F3N7O2S. The summed E-state index contributed by atoms with van der Waals surface area (Å²) in [6.45, 7) is 1.34. The number of amidine groups is 1. The molecule has 1 saturated heterocycles. The van der Waals surface area contributed by atoms with E-state index in [9.17, 15) is 21.6 Å². The molecule has 1 fully saturated rings. The summed E-state index contributed by atoms with van der Waals surface area (Å²) in [5.74, 6) is 4.34. The number of sulfonamides is 1. The number of nitrogens with zero attached hydrogens (tertiary/aromatic N) is 3. The predicted octanol–water partition coefficient (Wildman–Crippen LogP) is 1.18. The Labute approximate surface area is 153 Å². The number of primary sulfonamides is 1. The largest absolute Gasteiger partial charge is 0.417 e. The molecule has 7 N–H and O–H groups in total. The third kappa shape index (κ3) is 4.54. The van der Waals surface area contributed by atoms with Gasteiger partial charge in [-0.1, -0.05) is 5.22 Å². The van der Waals surface area contributed by atoms with Crippen molar-refractivity contribution in [2.75, 3.05) is 24.5 Å². The van der Waals surface area contributed by atoms with E-state index in [-0.39, 0.29) is 11.6 Å². The highest BCUT2D eigenvalue weighted by atomic mass is 32.2. The normalized spacial score (nSPS) is 16.9. The van der Waals surface area contributed by atoms with Gasteiger partial charge in [0.25, 0.3) is 0 Å². The SMILES string of the molecule is N=C(N=NN)c1c(N2CCC(CN)CC2)ccc(C(F)(F)F)c1S(N)(=O)=O. The molecular weight excluding hydrogens is 387 g/mol. The molecule has 0 spiro atoms. The second-order valence-electron chi connectivity index (χ2n) is 6.11. The standard InChI is InChI=1S/C14H20F3N7O2S/c15-14(16,17)9-1-2-10(24-5-3-8(7-18)4-6-24)11(13(19)22-23-20)12(9)27(21,25)26/h1-2,8H,3-7,18H2,(H3,19,20,22)(H2,21,25,26). The van der Waals surface area contributed by atoms with E-state index in [4.69, 9.17) is 22.1 Å². The quantitative estimate of drug-likeness (QED) is 0.193. The molecule has 0 amide bonds. The second kappa shape index (κ2) is 7.78. The van der Waals surface area contributed by atoms with Gasteiger partial charge in [0.05, 0.1) is 11.1 Å². The molecule has 1 aliphatic rings. The Morgan fingerprint density at radius 1 is 1.30 bits per heavy atom. The van der Waals surface area contributed by atoms with E-state index in [2.05, 4.69) is 10.3 Å². The first-order valence-electron chi connectivity index (χ1n) is 7.92. The molecule has 13 heteroatoms. The maximum atomic E-state index is 13.4. The molecule has 1 aliphatic heterocycles. The van der Waals surface area contributed by atoms with Crippen molar-refractivity contribution in [3.63, 3.8) is 0 Å². The van der Waals surface area contributed by atoms with Gasteiger partial charge in [-0.15, -0.1) is 5.11 Å². The van der Waals surface area contributed by atoms with Crippen LogP contribution in [0.5, 0.6) is 0 Å². The van der Waals surface area contributed by atoms with Gasteiger partial charge in [-0.25, -0.2) is 13.6 Å². The number of hydrogen-bond acceptors (Lipinski definition) is 6. The van der Waals surface area contributed by atoms with E-state index in [1.165, 1.54) is 0 Å². The highest BCUT2D eigenvalue weighted by molar-refractivity contribution is 7.89. The van der Waals surface area contributed by atoms with Crippen LogP contribution in [-0.4, -0.2) is 33.9 Å². The van der Waals surface area contributed by atoms with Gasteiger partial charge in [-0.3, -0.25) is 5.41 Å². The number of rotatable bonds is 4. The Morgan fingerprint density at radius 3 is 2.33 bits per heavy atom. The van der Waals surface area contributed by atoms with Gasteiger partial charge in [-0.2, -0.15) is 13.2 Å². The first-order chi connectivity index (χ1) is 12.5. The molecule has 0 saturated carbocycles. The van der Waals surface area contributed by atoms with E-state index in [1.807, 2.05) is 0 Å². The first kappa shape index (κ1) is 21.1. The van der Waals surface area contributed by atoms with Crippen molar-refractivity contribution in [2.45, 2.75) is 23.9 Å². The van der Waals surface area contributed by atoms with Crippen molar-refractivity contribution >= 4 is 21.5 Å². The van der Waals surface area contributed by atoms with E-state index < -0.39 is 38.1 Å². The van der Waals surface area contributed by atoms with Crippen molar-refractivity contribution in [3.8, 4) is 0 Å². The zero-order chi connectivity index (χ0) is 20.4. The minimum Gasteiger partial charge on any atom is -0.371 e. The molecule has 0 unspecified atom stereocenters. The number of nitrogens with two attached hydrogens (primary N) is 3. The van der Waals surface area contributed by atoms with Crippen molar-refractivity contribution in [3.05, 3.63) is 23.3 Å². The zero-order valence-electron chi connectivity index (χ0n) is 14.2. The summed E-state index contributed by atoms with van der Waals surface area (Å²) in [5.41, 5.74) is 3.69. The van der Waals surface area contributed by atoms with Crippen molar-refractivity contribution in [1.29, 1.82) is 5.41 Å². The predicted molar refractivity (Wildman–Crippen MR) is 92.7 cm³/mol. The maximum absolute atomic E-state index is 13.4. The molecule has 27 heavy (non-hydrogen) atoms. The fraction of sp³-hybridized carbons (Fsp3) is 0.500. The molecule has 2 rings (SSSR count). The van der Waals surface area contributed by atoms with Gasteiger partial charge in [0, 0.05) is 18.8 Å². The Bertz CT molecular complexity index is 847. The minimum absolute atomic E-state index is 0.0971. The summed E-state index contributed by atoms with van der Waals surface area (Å²) in [6.07, 6.45) is -3.65. The van der Waals surface area contributed by atoms with Gasteiger partial charge >= 0.3 is 6.18 Å². The molecule has 0 aromatic heterocycles. The third-order valence-electron chi connectivity index (χ3n) is 4.41. The Morgan fingerprint density at radius 2 is 1.89 bits per heavy atom. The molecule has 1 aromatic rings. The third-order valence-corrected chi connectivity index (χ3v) is 5.40. The average molecular weight is 407 g/mol. The Kier molecular flexibility index (Phi) is 6.07. The number of benzene rings is 1. The highest BCUT2D eigenvalue weighted by Gasteiger charge is 2.40. The summed E-state index contributed by atoms with van der Waals surface area (Å²) in [4.78, 5) is 0.461. The smallest absolute Gasteiger partial charge is 0.371 e. The van der Waals surface area contributed by atoms with Crippen LogP contribution in [-0.2, 0) is 16.2 Å². The zero-order valence-corrected chi connectivity index (χ0v) is 15.0. The summed E-state index contributed by atoms with van der Waals surface area (Å²) in [7, 11) is -4.84. The van der Waals surface area contributed by atoms with Gasteiger partial charge < -0.3 is 16.5 Å². The van der Waals surface area contributed by atoms with Crippen LogP contribution in [0, 0.1) is 11.3 Å². The van der Waals surface area contributed by atoms with Gasteiger partial charge in [0.2, 0.25) is 10.0 Å². The number of anilines is 1. The van der Waals surface area contributed by atoms with Crippen molar-refractivity contribution in [2.24, 2.45) is 33.0 Å². The lowest BCUT2D eigenvalue weighted by Gasteiger charge is -2.34. The van der Waals surface area contributed by atoms with E-state index >= 15 is 0 Å². The first-order valence-corrected chi connectivity index (χ1v) is 9.47. The number of hydrogen-bond donors (Lipinski definition) is 4. The number of nitrogens with one attached hydrogen (secondary N) is 1. The Hall–Kier alpha value is -2.25. The van der Waals surface area contributed by atoms with Gasteiger partial charge in [0.1, 0.15) is 4.90 Å². The lowest BCUT2D eigenvalue weighted by atomic mass is 9.95. The maximum Gasteiger partial charge on any atom is 0.417 e. The Balaban J connectivity index is 2.73. The molecule has 1 heterocycles. The number of halogens is 3. The molecule has 0 bridgehead atoms. The van der Waals surface area contributed by atoms with E-state index in [0.717, 1.165) is 6.07 Å². The van der Waals surface area contributed by atoms with E-state index in [1.54, 1.807) is 4.90 Å². The van der Waals surface area contributed by atoms with Gasteiger partial charge in [-0.05, 0) is 37.4 Å². The van der Waals surface area contributed by atoms with Crippen LogP contribution in [0.25, 0.3) is 0 Å². The van der Waals surface area contributed by atoms with Crippen LogP contribution >= 0.6 is 0 Å². The summed E-state index contributed by atoms with van der Waals surface area (Å²) in [5, 5.41) is 19.1. The summed E-state index contributed by atoms with van der Waals surface area (Å²) >= 11 is 0. The van der Waals surface area contributed by atoms with Crippen LogP contribution in [0.3, 0.4) is 0 Å². The minimum atomic E-state index is -5.00. The fourth-order valence-electron chi connectivity index (χ4n) is 3.10. The second-order valence-corrected chi connectivity index (χ2v) is 7.61. The molecule has 0 radical (unpaired) electrons. The van der Waals surface area contributed by atoms with Crippen molar-refractivity contribution in [1.82, 2.24) is 0 Å². The average Bonchev–Trinajstić information content (AvgIpc) is 2.59. The van der Waals surface area contributed by atoms with Crippen LogP contribution in [0.2, 0.25) is 0 Å². The van der Waals surface area contributed by atoms with Crippen molar-refractivity contribution < 1.29 is 21.6 Å². The van der Waals surface area contributed by atoms with Gasteiger partial charge in [0.15, 0.2) is 5.84 Å². The molecule has 150 valence electrons. The lowest BCUT2D eigenvalue weighted by Crippen LogP contribution is -2.37. The van der Waals surface area contributed by atoms with E-state index in [0.29, 0.717) is 38.5 Å². The monoisotopic (exact) mass is 407 g/mol. The molecule has 1 aromatic carbocycles. The molecule has 0 atom stereocenters. The van der Waals surface area contributed by atoms with Crippen LogP contribution in [0.15, 0.2) is 27.4 Å². The van der Waals surface area contributed by atoms with Crippen LogP contribution < -0.4 is 21.6 Å². The highest BCUT2D eigenvalue weighted by Crippen LogP contribution is 2.40. The van der Waals surface area contributed by atoms with Crippen LogP contribution in [0.4, 0.5) is 18.9 Å². The van der Waals surface area contributed by atoms with Crippen LogP contribution in [0.1, 0.15) is 24.0 Å².